The summed E-state index contributed by atoms with van der Waals surface area (Å²) < 4.78 is 16.5. The number of rotatable bonds is 8. The predicted molar refractivity (Wildman–Crippen MR) is 114 cm³/mol. The number of benzene rings is 1. The van der Waals surface area contributed by atoms with Gasteiger partial charge in [-0.2, -0.15) is 10.2 Å². The Morgan fingerprint density at radius 1 is 1.13 bits per heavy atom. The summed E-state index contributed by atoms with van der Waals surface area (Å²) in [5, 5.41) is 9.54. The molecule has 0 radical (unpaired) electrons. The van der Waals surface area contributed by atoms with Crippen molar-refractivity contribution in [1.29, 1.82) is 0 Å². The van der Waals surface area contributed by atoms with Crippen LogP contribution in [0.25, 0.3) is 10.9 Å². The standard InChI is InChI=1S/C22H30N4O4/c1-28-9-10-30-21-11-17-18(12-20(21)29-2)24-23-13-19(17)25-7-3-5-16(14-25)15-26-8-4-6-22(26)27/h11-13,16H,3-10,14-15H2,1-2H3. The van der Waals surface area contributed by atoms with Gasteiger partial charge in [0.05, 0.1) is 31.1 Å². The fourth-order valence-corrected chi connectivity index (χ4v) is 4.45. The van der Waals surface area contributed by atoms with Crippen molar-refractivity contribution in [3.8, 4) is 11.5 Å². The summed E-state index contributed by atoms with van der Waals surface area (Å²) in [5.41, 5.74) is 1.83. The minimum Gasteiger partial charge on any atom is -0.493 e. The molecule has 162 valence electrons. The predicted octanol–water partition coefficient (Wildman–Crippen LogP) is 2.50. The Bertz CT molecular complexity index is 891. The average molecular weight is 415 g/mol. The monoisotopic (exact) mass is 414 g/mol. The number of likely N-dealkylation sites (tertiary alicyclic amines) is 1. The first-order valence-corrected chi connectivity index (χ1v) is 10.7. The number of nitrogens with zero attached hydrogens (tertiary/aromatic N) is 4. The molecule has 30 heavy (non-hydrogen) atoms. The van der Waals surface area contributed by atoms with E-state index in [4.69, 9.17) is 14.2 Å². The Labute approximate surface area is 177 Å². The van der Waals surface area contributed by atoms with Crippen molar-refractivity contribution in [2.75, 3.05) is 58.5 Å². The highest BCUT2D eigenvalue weighted by atomic mass is 16.5. The van der Waals surface area contributed by atoms with Gasteiger partial charge in [-0.15, -0.1) is 0 Å². The second-order valence-electron chi connectivity index (χ2n) is 7.99. The van der Waals surface area contributed by atoms with E-state index in [0.29, 0.717) is 43.0 Å². The first-order chi connectivity index (χ1) is 14.7. The molecule has 2 fully saturated rings. The van der Waals surface area contributed by atoms with Crippen LogP contribution in [-0.4, -0.2) is 74.6 Å². The highest BCUT2D eigenvalue weighted by Crippen LogP contribution is 2.36. The molecule has 1 aromatic carbocycles. The van der Waals surface area contributed by atoms with Crippen molar-refractivity contribution in [3.05, 3.63) is 18.3 Å². The Balaban J connectivity index is 1.57. The van der Waals surface area contributed by atoms with Gasteiger partial charge in [-0.25, -0.2) is 0 Å². The first kappa shape index (κ1) is 20.7. The number of piperidine rings is 1. The lowest BCUT2D eigenvalue weighted by Gasteiger charge is -2.36. The number of aromatic nitrogens is 2. The molecule has 2 aliphatic rings. The van der Waals surface area contributed by atoms with Crippen LogP contribution in [0.5, 0.6) is 11.5 Å². The number of carbonyl (C=O) groups is 1. The van der Waals surface area contributed by atoms with E-state index < -0.39 is 0 Å². The minimum absolute atomic E-state index is 0.299. The number of carbonyl (C=O) groups excluding carboxylic acids is 1. The lowest BCUT2D eigenvalue weighted by atomic mass is 9.96. The van der Waals surface area contributed by atoms with E-state index in [1.165, 1.54) is 0 Å². The van der Waals surface area contributed by atoms with Gasteiger partial charge in [-0.1, -0.05) is 0 Å². The molecular weight excluding hydrogens is 384 g/mol. The quantitative estimate of drug-likeness (QED) is 0.614. The number of anilines is 1. The zero-order valence-electron chi connectivity index (χ0n) is 17.8. The SMILES string of the molecule is COCCOc1cc2c(N3CCCC(CN4CCCC4=O)C3)cnnc2cc1OC. The van der Waals surface area contributed by atoms with Crippen molar-refractivity contribution in [3.63, 3.8) is 0 Å². The molecule has 0 spiro atoms. The Hall–Kier alpha value is -2.61. The fraction of sp³-hybridized carbons (Fsp3) is 0.591. The average Bonchev–Trinajstić information content (AvgIpc) is 3.17. The van der Waals surface area contributed by atoms with Crippen LogP contribution in [0.2, 0.25) is 0 Å². The molecule has 0 bridgehead atoms. The fourth-order valence-electron chi connectivity index (χ4n) is 4.45. The number of hydrogen-bond acceptors (Lipinski definition) is 7. The molecule has 4 rings (SSSR count). The molecule has 2 saturated heterocycles. The molecule has 0 saturated carbocycles. The third kappa shape index (κ3) is 4.43. The molecule has 0 N–H and O–H groups in total. The molecule has 2 aliphatic heterocycles. The van der Waals surface area contributed by atoms with Gasteiger partial charge >= 0.3 is 0 Å². The maximum absolute atomic E-state index is 12.0. The molecule has 8 nitrogen and oxygen atoms in total. The van der Waals surface area contributed by atoms with Crippen molar-refractivity contribution >= 4 is 22.5 Å². The summed E-state index contributed by atoms with van der Waals surface area (Å²) in [6.07, 6.45) is 5.77. The van der Waals surface area contributed by atoms with Crippen LogP contribution in [0.3, 0.4) is 0 Å². The first-order valence-electron chi connectivity index (χ1n) is 10.7. The van der Waals surface area contributed by atoms with Gasteiger partial charge in [0, 0.05) is 51.2 Å². The topological polar surface area (TPSA) is 77.0 Å². The highest BCUT2D eigenvalue weighted by molar-refractivity contribution is 5.93. The van der Waals surface area contributed by atoms with Gasteiger partial charge in [0.1, 0.15) is 6.61 Å². The molecule has 3 heterocycles. The lowest BCUT2D eigenvalue weighted by molar-refractivity contribution is -0.128. The second kappa shape index (κ2) is 9.47. The van der Waals surface area contributed by atoms with Gasteiger partial charge in [-0.3, -0.25) is 4.79 Å². The van der Waals surface area contributed by atoms with Crippen LogP contribution in [0, 0.1) is 5.92 Å². The molecule has 8 heteroatoms. The Morgan fingerprint density at radius 3 is 2.80 bits per heavy atom. The Morgan fingerprint density at radius 2 is 2.03 bits per heavy atom. The molecule has 1 unspecified atom stereocenters. The summed E-state index contributed by atoms with van der Waals surface area (Å²) in [4.78, 5) is 16.4. The maximum atomic E-state index is 12.0. The summed E-state index contributed by atoms with van der Waals surface area (Å²) in [5.74, 6) is 2.08. The normalized spacial score (nSPS) is 19.5. The van der Waals surface area contributed by atoms with Crippen LogP contribution in [0.15, 0.2) is 18.3 Å². The second-order valence-corrected chi connectivity index (χ2v) is 7.99. The van der Waals surface area contributed by atoms with Gasteiger partial charge in [-0.05, 0) is 31.2 Å². The zero-order valence-corrected chi connectivity index (χ0v) is 17.8. The highest BCUT2D eigenvalue weighted by Gasteiger charge is 2.28. The molecule has 0 aliphatic carbocycles. The number of methoxy groups -OCH3 is 2. The van der Waals surface area contributed by atoms with E-state index >= 15 is 0 Å². The van der Waals surface area contributed by atoms with E-state index in [1.54, 1.807) is 14.2 Å². The maximum Gasteiger partial charge on any atom is 0.222 e. The van der Waals surface area contributed by atoms with E-state index in [-0.39, 0.29) is 0 Å². The van der Waals surface area contributed by atoms with E-state index in [2.05, 4.69) is 15.1 Å². The van der Waals surface area contributed by atoms with Crippen molar-refractivity contribution < 1.29 is 19.0 Å². The van der Waals surface area contributed by atoms with Crippen LogP contribution < -0.4 is 14.4 Å². The third-order valence-corrected chi connectivity index (χ3v) is 5.96. The van der Waals surface area contributed by atoms with Crippen LogP contribution in [0.4, 0.5) is 5.69 Å². The van der Waals surface area contributed by atoms with E-state index in [1.807, 2.05) is 23.2 Å². The van der Waals surface area contributed by atoms with Crippen molar-refractivity contribution in [2.24, 2.45) is 5.92 Å². The van der Waals surface area contributed by atoms with Crippen LogP contribution >= 0.6 is 0 Å². The third-order valence-electron chi connectivity index (χ3n) is 5.96. The summed E-state index contributed by atoms with van der Waals surface area (Å²) in [6, 6.07) is 3.86. The summed E-state index contributed by atoms with van der Waals surface area (Å²) in [7, 11) is 3.27. The largest absolute Gasteiger partial charge is 0.493 e. The van der Waals surface area contributed by atoms with Gasteiger partial charge in [0.2, 0.25) is 5.91 Å². The van der Waals surface area contributed by atoms with Crippen molar-refractivity contribution in [2.45, 2.75) is 25.7 Å². The lowest BCUT2D eigenvalue weighted by Crippen LogP contribution is -2.41. The minimum atomic E-state index is 0.299. The number of ether oxygens (including phenoxy) is 3. The van der Waals surface area contributed by atoms with E-state index in [9.17, 15) is 4.79 Å². The number of amides is 1. The zero-order chi connectivity index (χ0) is 20.9. The molecule has 1 amide bonds. The summed E-state index contributed by atoms with van der Waals surface area (Å²) in [6.45, 7) is 4.59. The smallest absolute Gasteiger partial charge is 0.222 e. The molecule has 2 aromatic rings. The van der Waals surface area contributed by atoms with Gasteiger partial charge in [0.15, 0.2) is 11.5 Å². The summed E-state index contributed by atoms with van der Waals surface area (Å²) >= 11 is 0. The molecular formula is C22H30N4O4. The Kier molecular flexibility index (Phi) is 6.52. The van der Waals surface area contributed by atoms with Crippen LogP contribution in [0.1, 0.15) is 25.7 Å². The van der Waals surface area contributed by atoms with E-state index in [0.717, 1.165) is 62.0 Å². The van der Waals surface area contributed by atoms with Gasteiger partial charge < -0.3 is 24.0 Å². The van der Waals surface area contributed by atoms with Crippen molar-refractivity contribution in [1.82, 2.24) is 15.1 Å². The molecule has 1 aromatic heterocycles. The van der Waals surface area contributed by atoms with Crippen LogP contribution in [-0.2, 0) is 9.53 Å². The van der Waals surface area contributed by atoms with Gasteiger partial charge in [0.25, 0.3) is 0 Å². The molecule has 1 atom stereocenters. The number of hydrogen-bond donors (Lipinski definition) is 0. The number of fused-ring (bicyclic) bond motifs is 1.